The third-order valence-corrected chi connectivity index (χ3v) is 4.52. The molecule has 0 saturated carbocycles. The number of para-hydroxylation sites is 1. The molecule has 1 amide bonds. The van der Waals surface area contributed by atoms with E-state index in [1.165, 1.54) is 25.1 Å². The highest BCUT2D eigenvalue weighted by molar-refractivity contribution is 6.03. The first kappa shape index (κ1) is 21.2. The molecule has 0 saturated heterocycles. The number of nitrogens with one attached hydrogen (secondary N) is 1. The summed E-state index contributed by atoms with van der Waals surface area (Å²) in [7, 11) is 0. The Labute approximate surface area is 170 Å². The van der Waals surface area contributed by atoms with Crippen LogP contribution in [0.25, 0.3) is 5.69 Å². The molecule has 0 aliphatic rings. The van der Waals surface area contributed by atoms with E-state index in [0.717, 1.165) is 28.1 Å². The van der Waals surface area contributed by atoms with E-state index in [1.54, 1.807) is 19.9 Å². The van der Waals surface area contributed by atoms with Crippen LogP contribution < -0.4 is 10.7 Å². The molecule has 1 aromatic carbocycles. The molecule has 0 atom stereocenters. The zero-order valence-corrected chi connectivity index (χ0v) is 16.8. The molecule has 0 aliphatic carbocycles. The lowest BCUT2D eigenvalue weighted by molar-refractivity contribution is -0.137. The Balaban J connectivity index is 2.10. The molecular formula is C21H19F3N4O2. The Kier molecular flexibility index (Phi) is 5.47. The molecule has 0 bridgehead atoms. The van der Waals surface area contributed by atoms with Crippen LogP contribution in [0.5, 0.6) is 0 Å². The van der Waals surface area contributed by atoms with Crippen LogP contribution in [0.15, 0.2) is 41.2 Å². The summed E-state index contributed by atoms with van der Waals surface area (Å²) in [5.74, 6) is -0.824. The SMILES string of the molecule is Cc1cc(C)c(NC(=O)c2nn(-c3ccccc3C(F)(F)F)c(C)cc2=O)c(C)n1. The van der Waals surface area contributed by atoms with Crippen molar-refractivity contribution in [2.24, 2.45) is 0 Å². The number of carbonyl (C=O) groups is 1. The summed E-state index contributed by atoms with van der Waals surface area (Å²) in [5.41, 5.74) is 0.234. The van der Waals surface area contributed by atoms with Crippen molar-refractivity contribution < 1.29 is 18.0 Å². The molecule has 1 N–H and O–H groups in total. The van der Waals surface area contributed by atoms with Gasteiger partial charge in [0.15, 0.2) is 5.69 Å². The van der Waals surface area contributed by atoms with E-state index >= 15 is 0 Å². The minimum atomic E-state index is -4.63. The predicted octanol–water partition coefficient (Wildman–Crippen LogP) is 4.13. The Hall–Kier alpha value is -3.49. The van der Waals surface area contributed by atoms with Crippen molar-refractivity contribution in [2.75, 3.05) is 5.32 Å². The van der Waals surface area contributed by atoms with Crippen LogP contribution in [0.1, 0.15) is 38.7 Å². The van der Waals surface area contributed by atoms with Crippen molar-refractivity contribution in [3.63, 3.8) is 0 Å². The van der Waals surface area contributed by atoms with Gasteiger partial charge in [-0.05, 0) is 51.5 Å². The smallest absolute Gasteiger partial charge is 0.319 e. The van der Waals surface area contributed by atoms with Gasteiger partial charge in [-0.25, -0.2) is 4.68 Å². The third kappa shape index (κ3) is 4.10. The molecule has 156 valence electrons. The highest BCUT2D eigenvalue weighted by atomic mass is 19.4. The number of aryl methyl sites for hydroxylation is 4. The summed E-state index contributed by atoms with van der Waals surface area (Å²) in [5, 5.41) is 6.57. The Morgan fingerprint density at radius 2 is 1.73 bits per heavy atom. The predicted molar refractivity (Wildman–Crippen MR) is 106 cm³/mol. The van der Waals surface area contributed by atoms with E-state index in [1.807, 2.05) is 6.92 Å². The van der Waals surface area contributed by atoms with Crippen molar-refractivity contribution in [2.45, 2.75) is 33.9 Å². The maximum absolute atomic E-state index is 13.4. The van der Waals surface area contributed by atoms with Gasteiger partial charge >= 0.3 is 6.18 Å². The van der Waals surface area contributed by atoms with Crippen molar-refractivity contribution in [3.05, 3.63) is 80.5 Å². The quantitative estimate of drug-likeness (QED) is 0.697. The van der Waals surface area contributed by atoms with Gasteiger partial charge in [-0.2, -0.15) is 18.3 Å². The number of aromatic nitrogens is 3. The first-order valence-electron chi connectivity index (χ1n) is 9.03. The number of rotatable bonds is 3. The van der Waals surface area contributed by atoms with Crippen molar-refractivity contribution in [1.82, 2.24) is 14.8 Å². The molecule has 2 aromatic heterocycles. The summed E-state index contributed by atoms with van der Waals surface area (Å²) < 4.78 is 41.2. The molecule has 9 heteroatoms. The van der Waals surface area contributed by atoms with Crippen LogP contribution in [0.2, 0.25) is 0 Å². The van der Waals surface area contributed by atoms with E-state index in [2.05, 4.69) is 15.4 Å². The molecule has 0 aliphatic heterocycles. The largest absolute Gasteiger partial charge is 0.418 e. The second kappa shape index (κ2) is 7.74. The second-order valence-corrected chi connectivity index (χ2v) is 6.92. The van der Waals surface area contributed by atoms with Gasteiger partial charge < -0.3 is 5.32 Å². The first-order chi connectivity index (χ1) is 14.0. The number of anilines is 1. The summed E-state index contributed by atoms with van der Waals surface area (Å²) >= 11 is 0. The minimum Gasteiger partial charge on any atom is -0.319 e. The van der Waals surface area contributed by atoms with Crippen molar-refractivity contribution >= 4 is 11.6 Å². The van der Waals surface area contributed by atoms with E-state index < -0.39 is 28.8 Å². The molecule has 0 spiro atoms. The van der Waals surface area contributed by atoms with Crippen LogP contribution in [-0.2, 0) is 6.18 Å². The fourth-order valence-electron chi connectivity index (χ4n) is 3.23. The van der Waals surface area contributed by atoms with Crippen LogP contribution in [-0.4, -0.2) is 20.7 Å². The number of benzene rings is 1. The third-order valence-electron chi connectivity index (χ3n) is 4.52. The minimum absolute atomic E-state index is 0.164. The number of amides is 1. The van der Waals surface area contributed by atoms with Crippen LogP contribution in [0.4, 0.5) is 18.9 Å². The number of halogens is 3. The Morgan fingerprint density at radius 1 is 1.07 bits per heavy atom. The van der Waals surface area contributed by atoms with Gasteiger partial charge in [-0.1, -0.05) is 12.1 Å². The van der Waals surface area contributed by atoms with Gasteiger partial charge in [0.05, 0.1) is 22.6 Å². The summed E-state index contributed by atoms with van der Waals surface area (Å²) in [6.45, 7) is 6.74. The number of hydrogen-bond acceptors (Lipinski definition) is 4. The topological polar surface area (TPSA) is 76.9 Å². The van der Waals surface area contributed by atoms with Crippen molar-refractivity contribution in [3.8, 4) is 5.69 Å². The Morgan fingerprint density at radius 3 is 2.37 bits per heavy atom. The maximum Gasteiger partial charge on any atom is 0.418 e. The molecule has 6 nitrogen and oxygen atoms in total. The van der Waals surface area contributed by atoms with Gasteiger partial charge in [0.25, 0.3) is 5.91 Å². The summed E-state index contributed by atoms with van der Waals surface area (Å²) in [4.78, 5) is 29.4. The van der Waals surface area contributed by atoms with E-state index in [0.29, 0.717) is 11.4 Å². The molecule has 0 unspecified atom stereocenters. The lowest BCUT2D eigenvalue weighted by atomic mass is 10.1. The van der Waals surface area contributed by atoms with Crippen LogP contribution >= 0.6 is 0 Å². The lowest BCUT2D eigenvalue weighted by Gasteiger charge is -2.17. The van der Waals surface area contributed by atoms with Gasteiger partial charge in [0, 0.05) is 17.5 Å². The highest BCUT2D eigenvalue weighted by Crippen LogP contribution is 2.33. The van der Waals surface area contributed by atoms with E-state index in [-0.39, 0.29) is 11.4 Å². The van der Waals surface area contributed by atoms with Crippen molar-refractivity contribution in [1.29, 1.82) is 0 Å². The highest BCUT2D eigenvalue weighted by Gasteiger charge is 2.34. The first-order valence-corrected chi connectivity index (χ1v) is 9.03. The van der Waals surface area contributed by atoms with Crippen LogP contribution in [0.3, 0.4) is 0 Å². The fraction of sp³-hybridized carbons (Fsp3) is 0.238. The summed E-state index contributed by atoms with van der Waals surface area (Å²) in [6.07, 6.45) is -4.63. The lowest BCUT2D eigenvalue weighted by Crippen LogP contribution is -2.28. The van der Waals surface area contributed by atoms with Gasteiger partial charge in [0.1, 0.15) is 0 Å². The molecular weight excluding hydrogens is 397 g/mol. The number of pyridine rings is 1. The number of alkyl halides is 3. The zero-order valence-electron chi connectivity index (χ0n) is 16.8. The van der Waals surface area contributed by atoms with Gasteiger partial charge in [-0.3, -0.25) is 14.6 Å². The molecule has 0 radical (unpaired) electrons. The average molecular weight is 416 g/mol. The summed E-state index contributed by atoms with van der Waals surface area (Å²) in [6, 6.07) is 7.68. The zero-order chi connectivity index (χ0) is 22.2. The van der Waals surface area contributed by atoms with Crippen LogP contribution in [0, 0.1) is 27.7 Å². The maximum atomic E-state index is 13.4. The molecule has 0 fully saturated rings. The standard InChI is InChI=1S/C21H19F3N4O2/c1-11-9-12(2)25-14(4)18(11)26-20(30)19-17(29)10-13(3)28(27-19)16-8-6-5-7-15(16)21(22,23)24/h5-10H,1-4H3,(H,26,30). The second-order valence-electron chi connectivity index (χ2n) is 6.92. The van der Waals surface area contributed by atoms with E-state index in [9.17, 15) is 22.8 Å². The Bertz CT molecular complexity index is 1180. The van der Waals surface area contributed by atoms with Gasteiger partial charge in [-0.15, -0.1) is 0 Å². The molecule has 3 rings (SSSR count). The average Bonchev–Trinajstić information content (AvgIpc) is 2.64. The number of hydrogen-bond donors (Lipinski definition) is 1. The molecule has 30 heavy (non-hydrogen) atoms. The monoisotopic (exact) mass is 416 g/mol. The van der Waals surface area contributed by atoms with E-state index in [4.69, 9.17) is 0 Å². The molecule has 2 heterocycles. The molecule has 3 aromatic rings. The van der Waals surface area contributed by atoms with Gasteiger partial charge in [0.2, 0.25) is 5.43 Å². The number of nitrogens with zero attached hydrogens (tertiary/aromatic N) is 3. The fourth-order valence-corrected chi connectivity index (χ4v) is 3.23. The number of carbonyl (C=O) groups excluding carboxylic acids is 1. The normalized spacial score (nSPS) is 11.4.